The molecule has 126 valence electrons. The molecule has 25 heavy (non-hydrogen) atoms. The van der Waals surface area contributed by atoms with Crippen LogP contribution in [0.2, 0.25) is 0 Å². The first-order valence-electron chi connectivity index (χ1n) is 8.51. The van der Waals surface area contributed by atoms with E-state index >= 15 is 0 Å². The highest BCUT2D eigenvalue weighted by molar-refractivity contribution is 6.15. The van der Waals surface area contributed by atoms with Gasteiger partial charge in [-0.1, -0.05) is 12.0 Å². The summed E-state index contributed by atoms with van der Waals surface area (Å²) in [4.78, 5) is 29.9. The van der Waals surface area contributed by atoms with Gasteiger partial charge in [-0.05, 0) is 68.1 Å². The van der Waals surface area contributed by atoms with E-state index in [1.807, 2.05) is 44.2 Å². The van der Waals surface area contributed by atoms with Crippen LogP contribution in [0.1, 0.15) is 47.2 Å². The molecule has 1 saturated carbocycles. The zero-order valence-corrected chi connectivity index (χ0v) is 14.8. The predicted molar refractivity (Wildman–Crippen MR) is 97.3 cm³/mol. The van der Waals surface area contributed by atoms with Crippen molar-refractivity contribution >= 4 is 11.6 Å². The predicted octanol–water partition coefficient (Wildman–Crippen LogP) is 3.55. The third-order valence-electron chi connectivity index (χ3n) is 4.79. The van der Waals surface area contributed by atoms with Crippen molar-refractivity contribution in [2.24, 2.45) is 5.92 Å². The molecule has 2 aromatic rings. The summed E-state index contributed by atoms with van der Waals surface area (Å²) in [6.07, 6.45) is 2.55. The van der Waals surface area contributed by atoms with Crippen LogP contribution < -0.4 is 0 Å². The molecule has 2 atom stereocenters. The Balaban J connectivity index is 1.91. The number of carbonyl (C=O) groups excluding carboxylic acids is 2. The van der Waals surface area contributed by atoms with Gasteiger partial charge in [0.25, 0.3) is 0 Å². The lowest BCUT2D eigenvalue weighted by molar-refractivity contribution is -0.124. The Morgan fingerprint density at radius 2 is 1.88 bits per heavy atom. The summed E-state index contributed by atoms with van der Waals surface area (Å²) in [5.74, 6) is 5.06. The lowest BCUT2D eigenvalue weighted by atomic mass is 9.86. The molecule has 0 saturated heterocycles. The molecule has 0 aliphatic heterocycles. The average molecular weight is 331 g/mol. The van der Waals surface area contributed by atoms with Gasteiger partial charge in [0, 0.05) is 29.8 Å². The van der Waals surface area contributed by atoms with Gasteiger partial charge >= 0.3 is 0 Å². The molecule has 3 rings (SSSR count). The largest absolute Gasteiger partial charge is 0.298 e. The third kappa shape index (κ3) is 3.39. The van der Waals surface area contributed by atoms with Crippen molar-refractivity contribution in [3.05, 3.63) is 64.5 Å². The summed E-state index contributed by atoms with van der Waals surface area (Å²) in [5, 5.41) is 0. The minimum absolute atomic E-state index is 0.0199. The molecular weight excluding hydrogens is 310 g/mol. The van der Waals surface area contributed by atoms with Crippen molar-refractivity contribution in [2.45, 2.75) is 39.5 Å². The van der Waals surface area contributed by atoms with Crippen LogP contribution in [-0.4, -0.2) is 16.6 Å². The molecule has 3 nitrogen and oxygen atoms in total. The Labute approximate surface area is 148 Å². The number of hydrogen-bond acceptors (Lipinski definition) is 3. The molecule has 1 aliphatic rings. The Hall–Kier alpha value is -2.73. The number of rotatable bonds is 3. The van der Waals surface area contributed by atoms with Gasteiger partial charge in [0.05, 0.1) is 0 Å². The number of ketones is 2. The van der Waals surface area contributed by atoms with E-state index in [-0.39, 0.29) is 17.5 Å². The number of benzene rings is 1. The van der Waals surface area contributed by atoms with Crippen LogP contribution in [0.25, 0.3) is 0 Å². The summed E-state index contributed by atoms with van der Waals surface area (Å²) in [6.45, 7) is 5.70. The first-order valence-corrected chi connectivity index (χ1v) is 8.51. The Morgan fingerprint density at radius 3 is 2.48 bits per heavy atom. The number of nitrogens with zero attached hydrogens (tertiary/aromatic N) is 1. The van der Waals surface area contributed by atoms with Gasteiger partial charge in [-0.3, -0.25) is 14.6 Å². The number of hydrogen-bond donors (Lipinski definition) is 0. The highest BCUT2D eigenvalue weighted by Crippen LogP contribution is 2.37. The highest BCUT2D eigenvalue weighted by atomic mass is 16.2. The minimum atomic E-state index is -0.641. The van der Waals surface area contributed by atoms with Crippen molar-refractivity contribution in [1.29, 1.82) is 0 Å². The summed E-state index contributed by atoms with van der Waals surface area (Å²) >= 11 is 0. The summed E-state index contributed by atoms with van der Waals surface area (Å²) in [7, 11) is 0. The summed E-state index contributed by atoms with van der Waals surface area (Å²) in [6, 6.07) is 9.58. The lowest BCUT2D eigenvalue weighted by Gasteiger charge is -2.16. The molecule has 1 fully saturated rings. The normalized spacial score (nSPS) is 19.6. The molecule has 1 aromatic carbocycles. The fourth-order valence-corrected chi connectivity index (χ4v) is 3.75. The Morgan fingerprint density at radius 1 is 1.16 bits per heavy atom. The molecule has 1 aromatic heterocycles. The molecule has 0 spiro atoms. The molecule has 0 amide bonds. The van der Waals surface area contributed by atoms with E-state index in [1.54, 1.807) is 13.1 Å². The first-order chi connectivity index (χ1) is 12.0. The quantitative estimate of drug-likeness (QED) is 0.638. The van der Waals surface area contributed by atoms with Crippen LogP contribution in [0, 0.1) is 31.6 Å². The molecule has 0 bridgehead atoms. The number of Topliss-reactive ketones (excluding diaryl/α,β-unsaturated/α-hetero) is 2. The van der Waals surface area contributed by atoms with E-state index in [0.717, 1.165) is 27.9 Å². The van der Waals surface area contributed by atoms with Gasteiger partial charge in [0.2, 0.25) is 0 Å². The standard InChI is InChI=1S/C22H21NO2/c1-4-7-16-10-14(2)20(15(3)11-16)21-19(24)13-17(22(21)25)12-18-8-5-6-9-23-18/h5-6,8-11,17,21H,12-13H2,1-3H3. The SMILES string of the molecule is CC#Cc1cc(C)c(C2C(=O)CC(Cc3ccccn3)C2=O)c(C)c1. The van der Waals surface area contributed by atoms with Crippen LogP contribution in [0.3, 0.4) is 0 Å². The number of carbonyl (C=O) groups is 2. The number of aromatic nitrogens is 1. The van der Waals surface area contributed by atoms with Gasteiger partial charge in [-0.25, -0.2) is 0 Å². The van der Waals surface area contributed by atoms with Crippen LogP contribution >= 0.6 is 0 Å². The van der Waals surface area contributed by atoms with E-state index in [0.29, 0.717) is 12.8 Å². The van der Waals surface area contributed by atoms with E-state index in [9.17, 15) is 9.59 Å². The third-order valence-corrected chi connectivity index (χ3v) is 4.79. The first kappa shape index (κ1) is 17.1. The lowest BCUT2D eigenvalue weighted by Crippen LogP contribution is -2.19. The molecular formula is C22H21NO2. The Kier molecular flexibility index (Phi) is 4.81. The van der Waals surface area contributed by atoms with Crippen molar-refractivity contribution in [3.8, 4) is 11.8 Å². The van der Waals surface area contributed by atoms with Crippen molar-refractivity contribution in [2.75, 3.05) is 0 Å². The zero-order valence-electron chi connectivity index (χ0n) is 14.8. The minimum Gasteiger partial charge on any atom is -0.298 e. The van der Waals surface area contributed by atoms with Gasteiger partial charge in [0.1, 0.15) is 11.7 Å². The van der Waals surface area contributed by atoms with E-state index in [4.69, 9.17) is 0 Å². The van der Waals surface area contributed by atoms with Crippen molar-refractivity contribution in [3.63, 3.8) is 0 Å². The monoisotopic (exact) mass is 331 g/mol. The van der Waals surface area contributed by atoms with Crippen LogP contribution in [0.5, 0.6) is 0 Å². The maximum atomic E-state index is 13.0. The van der Waals surface area contributed by atoms with Gasteiger partial charge in [-0.15, -0.1) is 5.92 Å². The van der Waals surface area contributed by atoms with Crippen LogP contribution in [0.4, 0.5) is 0 Å². The molecule has 1 aliphatic carbocycles. The molecule has 0 radical (unpaired) electrons. The number of aryl methyl sites for hydroxylation is 2. The smallest absolute Gasteiger partial charge is 0.151 e. The van der Waals surface area contributed by atoms with Crippen LogP contribution in [0.15, 0.2) is 36.5 Å². The summed E-state index contributed by atoms with van der Waals surface area (Å²) in [5.41, 5.74) is 4.56. The fourth-order valence-electron chi connectivity index (χ4n) is 3.75. The van der Waals surface area contributed by atoms with E-state index in [2.05, 4.69) is 16.8 Å². The second-order valence-electron chi connectivity index (χ2n) is 6.63. The molecule has 1 heterocycles. The summed E-state index contributed by atoms with van der Waals surface area (Å²) < 4.78 is 0. The second kappa shape index (κ2) is 7.03. The van der Waals surface area contributed by atoms with Crippen LogP contribution in [-0.2, 0) is 16.0 Å². The molecule has 2 unspecified atom stereocenters. The topological polar surface area (TPSA) is 47.0 Å². The highest BCUT2D eigenvalue weighted by Gasteiger charge is 2.43. The van der Waals surface area contributed by atoms with Gasteiger partial charge in [0.15, 0.2) is 5.78 Å². The maximum absolute atomic E-state index is 13.0. The molecule has 0 N–H and O–H groups in total. The average Bonchev–Trinajstić information content (AvgIpc) is 2.83. The van der Waals surface area contributed by atoms with Crippen molar-refractivity contribution in [1.82, 2.24) is 4.98 Å². The Bertz CT molecular complexity index is 864. The van der Waals surface area contributed by atoms with E-state index < -0.39 is 5.92 Å². The van der Waals surface area contributed by atoms with E-state index in [1.165, 1.54) is 0 Å². The van der Waals surface area contributed by atoms with Crippen molar-refractivity contribution < 1.29 is 9.59 Å². The van der Waals surface area contributed by atoms with Gasteiger partial charge < -0.3 is 0 Å². The zero-order chi connectivity index (χ0) is 18.0. The van der Waals surface area contributed by atoms with Gasteiger partial charge in [-0.2, -0.15) is 0 Å². The molecule has 3 heteroatoms. The maximum Gasteiger partial charge on any atom is 0.151 e. The number of pyridine rings is 1. The second-order valence-corrected chi connectivity index (χ2v) is 6.63. The fraction of sp³-hybridized carbons (Fsp3) is 0.318.